The lowest BCUT2D eigenvalue weighted by Gasteiger charge is -2.24. The van der Waals surface area contributed by atoms with Crippen molar-refractivity contribution in [1.82, 2.24) is 9.62 Å². The Morgan fingerprint density at radius 1 is 1.30 bits per heavy atom. The van der Waals surface area contributed by atoms with Gasteiger partial charge in [-0.25, -0.2) is 8.42 Å². The third-order valence-corrected chi connectivity index (χ3v) is 6.59. The van der Waals surface area contributed by atoms with E-state index >= 15 is 0 Å². The summed E-state index contributed by atoms with van der Waals surface area (Å²) in [5.41, 5.74) is 2.25. The molecule has 2 rings (SSSR count). The predicted octanol–water partition coefficient (Wildman–Crippen LogP) is 1.06. The standard InChI is InChI=1S/C19H24N2O5S/c1-5-8-20-17(22)12-26-19(23)16-7-6-9-21(16)27(24,25)18-14(3)10-13(2)11-15(18)4/h1,10-11,16H,6-9,12H2,2-4H3,(H,20,22). The Hall–Kier alpha value is -2.37. The van der Waals surface area contributed by atoms with E-state index in [1.807, 2.05) is 6.92 Å². The molecule has 1 unspecified atom stereocenters. The number of benzene rings is 1. The van der Waals surface area contributed by atoms with Gasteiger partial charge in [-0.05, 0) is 44.7 Å². The molecule has 1 atom stereocenters. The summed E-state index contributed by atoms with van der Waals surface area (Å²) in [7, 11) is -3.86. The van der Waals surface area contributed by atoms with E-state index in [-0.39, 0.29) is 18.0 Å². The van der Waals surface area contributed by atoms with Crippen LogP contribution in [0.5, 0.6) is 0 Å². The largest absolute Gasteiger partial charge is 0.454 e. The second-order valence-corrected chi connectivity index (χ2v) is 8.42. The highest BCUT2D eigenvalue weighted by atomic mass is 32.2. The van der Waals surface area contributed by atoms with Crippen molar-refractivity contribution in [2.45, 2.75) is 44.6 Å². The fourth-order valence-electron chi connectivity index (χ4n) is 3.39. The van der Waals surface area contributed by atoms with Crippen molar-refractivity contribution < 1.29 is 22.7 Å². The molecule has 1 aliphatic heterocycles. The Morgan fingerprint density at radius 3 is 2.52 bits per heavy atom. The van der Waals surface area contributed by atoms with Crippen molar-refractivity contribution in [2.75, 3.05) is 19.7 Å². The van der Waals surface area contributed by atoms with Gasteiger partial charge < -0.3 is 10.1 Å². The Bertz CT molecular complexity index is 863. The van der Waals surface area contributed by atoms with Gasteiger partial charge in [-0.2, -0.15) is 4.31 Å². The molecule has 1 aliphatic rings. The zero-order valence-electron chi connectivity index (χ0n) is 15.7. The lowest BCUT2D eigenvalue weighted by molar-refractivity contribution is -0.151. The van der Waals surface area contributed by atoms with Crippen LogP contribution in [0.25, 0.3) is 0 Å². The first-order valence-electron chi connectivity index (χ1n) is 8.65. The molecule has 0 aliphatic carbocycles. The van der Waals surface area contributed by atoms with Crippen LogP contribution in [0.15, 0.2) is 17.0 Å². The molecule has 1 aromatic carbocycles. The van der Waals surface area contributed by atoms with Crippen LogP contribution >= 0.6 is 0 Å². The number of ether oxygens (including phenoxy) is 1. The number of hydrogen-bond donors (Lipinski definition) is 1. The highest BCUT2D eigenvalue weighted by molar-refractivity contribution is 7.89. The van der Waals surface area contributed by atoms with Crippen LogP contribution in [0.2, 0.25) is 0 Å². The second kappa shape index (κ2) is 8.55. The number of hydrogen-bond acceptors (Lipinski definition) is 5. The molecule has 7 nitrogen and oxygen atoms in total. The number of amides is 1. The predicted molar refractivity (Wildman–Crippen MR) is 100 cm³/mol. The molecule has 1 N–H and O–H groups in total. The summed E-state index contributed by atoms with van der Waals surface area (Å²) >= 11 is 0. The molecule has 146 valence electrons. The van der Waals surface area contributed by atoms with E-state index in [9.17, 15) is 18.0 Å². The number of rotatable bonds is 6. The number of nitrogens with one attached hydrogen (secondary N) is 1. The van der Waals surface area contributed by atoms with Crippen LogP contribution in [0.4, 0.5) is 0 Å². The van der Waals surface area contributed by atoms with Crippen molar-refractivity contribution in [3.63, 3.8) is 0 Å². The van der Waals surface area contributed by atoms with Crippen molar-refractivity contribution in [1.29, 1.82) is 0 Å². The maximum atomic E-state index is 13.2. The molecule has 1 heterocycles. The molecule has 27 heavy (non-hydrogen) atoms. The van der Waals surface area contributed by atoms with E-state index in [0.717, 1.165) is 5.56 Å². The number of esters is 1. The summed E-state index contributed by atoms with van der Waals surface area (Å²) in [6.45, 7) is 5.16. The molecule has 1 amide bonds. The fourth-order valence-corrected chi connectivity index (χ4v) is 5.45. The summed E-state index contributed by atoms with van der Waals surface area (Å²) in [5.74, 6) is 0.985. The van der Waals surface area contributed by atoms with E-state index in [1.165, 1.54) is 4.31 Å². The Morgan fingerprint density at radius 2 is 1.93 bits per heavy atom. The minimum Gasteiger partial charge on any atom is -0.454 e. The average molecular weight is 392 g/mol. The monoisotopic (exact) mass is 392 g/mol. The molecule has 1 saturated heterocycles. The second-order valence-electron chi connectivity index (χ2n) is 6.59. The van der Waals surface area contributed by atoms with Crippen molar-refractivity contribution in [3.8, 4) is 12.3 Å². The van der Waals surface area contributed by atoms with Crippen LogP contribution in [-0.4, -0.2) is 50.3 Å². The van der Waals surface area contributed by atoms with Gasteiger partial charge in [-0.3, -0.25) is 9.59 Å². The Kier molecular flexibility index (Phi) is 6.63. The van der Waals surface area contributed by atoms with Crippen LogP contribution in [-0.2, 0) is 24.3 Å². The zero-order valence-corrected chi connectivity index (χ0v) is 16.6. The van der Waals surface area contributed by atoms with E-state index < -0.39 is 34.5 Å². The molecule has 0 spiro atoms. The highest BCUT2D eigenvalue weighted by Gasteiger charge is 2.41. The molecule has 0 bridgehead atoms. The fraction of sp³-hybridized carbons (Fsp3) is 0.474. The van der Waals surface area contributed by atoms with Gasteiger partial charge in [-0.15, -0.1) is 6.42 Å². The minimum absolute atomic E-state index is 0.0340. The SMILES string of the molecule is C#CCNC(=O)COC(=O)C1CCCN1S(=O)(=O)c1c(C)cc(C)cc1C. The van der Waals surface area contributed by atoms with Gasteiger partial charge in [0.15, 0.2) is 6.61 Å². The highest BCUT2D eigenvalue weighted by Crippen LogP contribution is 2.31. The van der Waals surface area contributed by atoms with Gasteiger partial charge in [0.2, 0.25) is 10.0 Å². The average Bonchev–Trinajstić information content (AvgIpc) is 3.07. The molecule has 1 aromatic rings. The van der Waals surface area contributed by atoms with Crippen molar-refractivity contribution in [3.05, 3.63) is 28.8 Å². The molecular formula is C19H24N2O5S. The van der Waals surface area contributed by atoms with Gasteiger partial charge in [0.25, 0.3) is 5.91 Å². The smallest absolute Gasteiger partial charge is 0.324 e. The lowest BCUT2D eigenvalue weighted by atomic mass is 10.1. The first-order valence-corrected chi connectivity index (χ1v) is 10.1. The Balaban J connectivity index is 2.19. The normalized spacial score (nSPS) is 17.3. The number of aryl methyl sites for hydroxylation is 3. The molecule has 0 saturated carbocycles. The lowest BCUT2D eigenvalue weighted by Crippen LogP contribution is -2.42. The van der Waals surface area contributed by atoms with E-state index in [1.54, 1.807) is 26.0 Å². The molecule has 1 fully saturated rings. The van der Waals surface area contributed by atoms with Crippen LogP contribution < -0.4 is 5.32 Å². The van der Waals surface area contributed by atoms with E-state index in [4.69, 9.17) is 11.2 Å². The molecule has 0 radical (unpaired) electrons. The zero-order chi connectivity index (χ0) is 20.2. The third-order valence-electron chi connectivity index (χ3n) is 4.38. The summed E-state index contributed by atoms with van der Waals surface area (Å²) in [5, 5.41) is 2.38. The van der Waals surface area contributed by atoms with Crippen LogP contribution in [0.3, 0.4) is 0 Å². The summed E-state index contributed by atoms with van der Waals surface area (Å²) in [6, 6.07) is 2.67. The molecule has 8 heteroatoms. The summed E-state index contributed by atoms with van der Waals surface area (Å²) < 4.78 is 32.6. The van der Waals surface area contributed by atoms with E-state index in [2.05, 4.69) is 11.2 Å². The first-order chi connectivity index (χ1) is 12.7. The molecule has 0 aromatic heterocycles. The number of sulfonamides is 1. The van der Waals surface area contributed by atoms with Crippen LogP contribution in [0, 0.1) is 33.1 Å². The summed E-state index contributed by atoms with van der Waals surface area (Å²) in [4.78, 5) is 24.1. The van der Waals surface area contributed by atoms with Gasteiger partial charge in [-0.1, -0.05) is 23.6 Å². The van der Waals surface area contributed by atoms with Gasteiger partial charge >= 0.3 is 5.97 Å². The summed E-state index contributed by atoms with van der Waals surface area (Å²) in [6.07, 6.45) is 5.94. The first kappa shape index (κ1) is 20.9. The Labute approximate surface area is 160 Å². The maximum absolute atomic E-state index is 13.2. The van der Waals surface area contributed by atoms with Gasteiger partial charge in [0.05, 0.1) is 11.4 Å². The van der Waals surface area contributed by atoms with E-state index in [0.29, 0.717) is 24.0 Å². The topological polar surface area (TPSA) is 92.8 Å². The number of terminal acetylenes is 1. The van der Waals surface area contributed by atoms with Crippen molar-refractivity contribution in [2.24, 2.45) is 0 Å². The van der Waals surface area contributed by atoms with Gasteiger partial charge in [0, 0.05) is 6.54 Å². The third kappa shape index (κ3) is 4.67. The maximum Gasteiger partial charge on any atom is 0.324 e. The quantitative estimate of drug-likeness (QED) is 0.577. The number of nitrogens with zero attached hydrogens (tertiary/aromatic N) is 1. The minimum atomic E-state index is -3.86. The van der Waals surface area contributed by atoms with Crippen LogP contribution in [0.1, 0.15) is 29.5 Å². The number of carbonyl (C=O) groups excluding carboxylic acids is 2. The molecular weight excluding hydrogens is 368 g/mol. The number of carbonyl (C=O) groups is 2. The van der Waals surface area contributed by atoms with Gasteiger partial charge in [0.1, 0.15) is 6.04 Å². The van der Waals surface area contributed by atoms with Crippen molar-refractivity contribution >= 4 is 21.9 Å².